The molecule has 4 nitrogen and oxygen atoms in total. The van der Waals surface area contributed by atoms with Crippen LogP contribution in [0.5, 0.6) is 0 Å². The molecule has 5 heteroatoms. The summed E-state index contributed by atoms with van der Waals surface area (Å²) >= 11 is 3.44. The maximum atomic E-state index is 12.4. The Morgan fingerprint density at radius 1 is 1.33 bits per heavy atom. The van der Waals surface area contributed by atoms with Crippen LogP contribution in [0, 0.1) is 0 Å². The molecule has 1 aromatic heterocycles. The van der Waals surface area contributed by atoms with Gasteiger partial charge in [0.05, 0.1) is 11.6 Å². The molecule has 110 valence electrons. The molecule has 0 fully saturated rings. The Kier molecular flexibility index (Phi) is 5.33. The number of anilines is 1. The molecule has 0 spiro atoms. The lowest BCUT2D eigenvalue weighted by Gasteiger charge is -2.16. The van der Waals surface area contributed by atoms with Crippen LogP contribution in [0.4, 0.5) is 5.82 Å². The van der Waals surface area contributed by atoms with Crippen LogP contribution in [0.25, 0.3) is 0 Å². The first kappa shape index (κ1) is 15.5. The van der Waals surface area contributed by atoms with Crippen molar-refractivity contribution in [2.75, 3.05) is 11.9 Å². The van der Waals surface area contributed by atoms with Gasteiger partial charge in [-0.3, -0.25) is 4.79 Å². The predicted molar refractivity (Wildman–Crippen MR) is 88.4 cm³/mol. The average Bonchev–Trinajstić information content (AvgIpc) is 2.48. The van der Waals surface area contributed by atoms with Gasteiger partial charge in [0.1, 0.15) is 5.82 Å². The molecular formula is C16H18BrN3O. The lowest BCUT2D eigenvalue weighted by atomic mass is 10.1. The van der Waals surface area contributed by atoms with E-state index >= 15 is 0 Å². The van der Waals surface area contributed by atoms with Crippen LogP contribution in [-0.2, 0) is 0 Å². The van der Waals surface area contributed by atoms with Crippen LogP contribution in [-0.4, -0.2) is 17.4 Å². The van der Waals surface area contributed by atoms with Gasteiger partial charge in [0.15, 0.2) is 0 Å². The van der Waals surface area contributed by atoms with Gasteiger partial charge >= 0.3 is 0 Å². The average molecular weight is 348 g/mol. The molecule has 1 amide bonds. The highest BCUT2D eigenvalue weighted by Crippen LogP contribution is 2.19. The summed E-state index contributed by atoms with van der Waals surface area (Å²) < 4.78 is 0.996. The highest BCUT2D eigenvalue weighted by Gasteiger charge is 2.15. The third-order valence-corrected chi connectivity index (χ3v) is 3.59. The quantitative estimate of drug-likeness (QED) is 0.865. The summed E-state index contributed by atoms with van der Waals surface area (Å²) in [5, 5.41) is 6.10. The summed E-state index contributed by atoms with van der Waals surface area (Å²) in [6, 6.07) is 11.4. The highest BCUT2D eigenvalue weighted by atomic mass is 79.9. The van der Waals surface area contributed by atoms with Crippen LogP contribution in [0.1, 0.15) is 35.8 Å². The lowest BCUT2D eigenvalue weighted by Crippen LogP contribution is -2.27. The van der Waals surface area contributed by atoms with Gasteiger partial charge in [-0.2, -0.15) is 0 Å². The number of carbonyl (C=O) groups is 1. The smallest absolute Gasteiger partial charge is 0.255 e. The summed E-state index contributed by atoms with van der Waals surface area (Å²) in [7, 11) is 0. The number of hydrogen-bond acceptors (Lipinski definition) is 3. The Morgan fingerprint density at radius 3 is 2.86 bits per heavy atom. The number of rotatable bonds is 5. The Balaban J connectivity index is 2.14. The standard InChI is InChI=1S/C16H18BrN3O/c1-3-18-15-14(8-5-9-19-15)16(21)20-11(2)12-6-4-7-13(17)10-12/h4-11H,3H2,1-2H3,(H,18,19)(H,20,21). The molecule has 21 heavy (non-hydrogen) atoms. The van der Waals surface area contributed by atoms with Gasteiger partial charge in [-0.1, -0.05) is 28.1 Å². The summed E-state index contributed by atoms with van der Waals surface area (Å²) in [4.78, 5) is 16.6. The molecule has 0 saturated heterocycles. The molecule has 1 aromatic carbocycles. The molecule has 0 aliphatic heterocycles. The number of amides is 1. The van der Waals surface area contributed by atoms with E-state index < -0.39 is 0 Å². The molecule has 2 aromatic rings. The fourth-order valence-electron chi connectivity index (χ4n) is 2.03. The minimum Gasteiger partial charge on any atom is -0.370 e. The summed E-state index contributed by atoms with van der Waals surface area (Å²) in [5.41, 5.74) is 1.60. The summed E-state index contributed by atoms with van der Waals surface area (Å²) in [5.74, 6) is 0.477. The minimum absolute atomic E-state index is 0.0790. The molecule has 1 atom stereocenters. The van der Waals surface area contributed by atoms with Crippen molar-refractivity contribution in [2.45, 2.75) is 19.9 Å². The zero-order valence-corrected chi connectivity index (χ0v) is 13.6. The molecule has 0 bridgehead atoms. The molecule has 0 saturated carbocycles. The lowest BCUT2D eigenvalue weighted by molar-refractivity contribution is 0.0940. The van der Waals surface area contributed by atoms with Crippen molar-refractivity contribution in [3.8, 4) is 0 Å². The third-order valence-electron chi connectivity index (χ3n) is 3.09. The van der Waals surface area contributed by atoms with Crippen molar-refractivity contribution in [3.63, 3.8) is 0 Å². The molecular weight excluding hydrogens is 330 g/mol. The number of halogens is 1. The topological polar surface area (TPSA) is 54.0 Å². The van der Waals surface area contributed by atoms with E-state index in [4.69, 9.17) is 0 Å². The van der Waals surface area contributed by atoms with E-state index in [1.54, 1.807) is 18.3 Å². The molecule has 0 radical (unpaired) electrons. The van der Waals surface area contributed by atoms with E-state index in [2.05, 4.69) is 31.5 Å². The van der Waals surface area contributed by atoms with Gasteiger partial charge in [-0.15, -0.1) is 0 Å². The third kappa shape index (κ3) is 4.04. The zero-order valence-electron chi connectivity index (χ0n) is 12.1. The number of benzene rings is 1. The molecule has 1 unspecified atom stereocenters. The van der Waals surface area contributed by atoms with Gasteiger partial charge < -0.3 is 10.6 Å². The first-order valence-corrected chi connectivity index (χ1v) is 7.66. The number of hydrogen-bond donors (Lipinski definition) is 2. The number of nitrogens with zero attached hydrogens (tertiary/aromatic N) is 1. The molecule has 0 aliphatic carbocycles. The van der Waals surface area contributed by atoms with Crippen LogP contribution < -0.4 is 10.6 Å². The van der Waals surface area contributed by atoms with Gasteiger partial charge in [-0.05, 0) is 43.7 Å². The number of pyridine rings is 1. The van der Waals surface area contributed by atoms with Crippen molar-refractivity contribution in [1.29, 1.82) is 0 Å². The van der Waals surface area contributed by atoms with Gasteiger partial charge in [-0.25, -0.2) is 4.98 Å². The second kappa shape index (κ2) is 7.22. The highest BCUT2D eigenvalue weighted by molar-refractivity contribution is 9.10. The maximum Gasteiger partial charge on any atom is 0.255 e. The van der Waals surface area contributed by atoms with Crippen LogP contribution in [0.2, 0.25) is 0 Å². The predicted octanol–water partition coefficient (Wildman–Crippen LogP) is 3.77. The molecule has 2 N–H and O–H groups in total. The van der Waals surface area contributed by atoms with Crippen molar-refractivity contribution in [3.05, 3.63) is 58.2 Å². The largest absolute Gasteiger partial charge is 0.370 e. The summed E-state index contributed by atoms with van der Waals surface area (Å²) in [6.45, 7) is 4.65. The number of carbonyl (C=O) groups excluding carboxylic acids is 1. The van der Waals surface area contributed by atoms with Crippen molar-refractivity contribution >= 4 is 27.7 Å². The molecule has 1 heterocycles. The minimum atomic E-state index is -0.133. The normalized spacial score (nSPS) is 11.8. The number of nitrogens with one attached hydrogen (secondary N) is 2. The van der Waals surface area contributed by atoms with Gasteiger partial charge in [0, 0.05) is 17.2 Å². The van der Waals surface area contributed by atoms with Crippen molar-refractivity contribution < 1.29 is 4.79 Å². The maximum absolute atomic E-state index is 12.4. The Morgan fingerprint density at radius 2 is 2.14 bits per heavy atom. The number of aromatic nitrogens is 1. The Labute approximate surface area is 133 Å². The van der Waals surface area contributed by atoms with E-state index in [9.17, 15) is 4.79 Å². The van der Waals surface area contributed by atoms with Crippen LogP contribution in [0.15, 0.2) is 47.1 Å². The summed E-state index contributed by atoms with van der Waals surface area (Å²) in [6.07, 6.45) is 1.67. The van der Waals surface area contributed by atoms with Gasteiger partial charge in [0.25, 0.3) is 5.91 Å². The first-order chi connectivity index (χ1) is 10.1. The monoisotopic (exact) mass is 347 g/mol. The second-order valence-corrected chi connectivity index (χ2v) is 5.60. The SMILES string of the molecule is CCNc1ncccc1C(=O)NC(C)c1cccc(Br)c1. The van der Waals surface area contributed by atoms with Crippen molar-refractivity contribution in [1.82, 2.24) is 10.3 Å². The van der Waals surface area contributed by atoms with E-state index in [1.165, 1.54) is 0 Å². The first-order valence-electron chi connectivity index (χ1n) is 6.87. The van der Waals surface area contributed by atoms with E-state index in [1.807, 2.05) is 38.1 Å². The second-order valence-electron chi connectivity index (χ2n) is 4.68. The Bertz CT molecular complexity index is 630. The van der Waals surface area contributed by atoms with Crippen LogP contribution in [0.3, 0.4) is 0 Å². The fourth-order valence-corrected chi connectivity index (χ4v) is 2.45. The molecule has 0 aliphatic rings. The zero-order chi connectivity index (χ0) is 15.2. The van der Waals surface area contributed by atoms with E-state index in [0.29, 0.717) is 11.4 Å². The van der Waals surface area contributed by atoms with Crippen LogP contribution >= 0.6 is 15.9 Å². The van der Waals surface area contributed by atoms with E-state index in [0.717, 1.165) is 16.6 Å². The van der Waals surface area contributed by atoms with Crippen molar-refractivity contribution in [2.24, 2.45) is 0 Å². The van der Waals surface area contributed by atoms with Gasteiger partial charge in [0.2, 0.25) is 0 Å². The van der Waals surface area contributed by atoms with E-state index in [-0.39, 0.29) is 11.9 Å². The molecule has 2 rings (SSSR count). The Hall–Kier alpha value is -1.88. The fraction of sp³-hybridized carbons (Fsp3) is 0.250.